The minimum Gasteiger partial charge on any atom is -0.481 e. The molecule has 0 saturated heterocycles. The first kappa shape index (κ1) is 57.9. The molecule has 5 amide bonds. The van der Waals surface area contributed by atoms with Crippen molar-refractivity contribution >= 4 is 70.9 Å². The number of amides is 5. The lowest BCUT2D eigenvalue weighted by atomic mass is 10.0. The summed E-state index contributed by atoms with van der Waals surface area (Å²) in [7, 11) is -15.0. The van der Waals surface area contributed by atoms with Crippen molar-refractivity contribution in [3.05, 3.63) is 0 Å². The number of phosphoric acid groups is 3. The largest absolute Gasteiger partial charge is 0.490 e. The zero-order valence-corrected chi connectivity index (χ0v) is 33.9. The summed E-state index contributed by atoms with van der Waals surface area (Å²) >= 11 is 0. The molecule has 16 N–H and O–H groups in total. The van der Waals surface area contributed by atoms with E-state index in [9.17, 15) is 85.1 Å². The van der Waals surface area contributed by atoms with Gasteiger partial charge in [-0.05, 0) is 33.6 Å². The van der Waals surface area contributed by atoms with Crippen LogP contribution in [0.2, 0.25) is 0 Å². The fourth-order valence-corrected chi connectivity index (χ4v) is 5.79. The van der Waals surface area contributed by atoms with Crippen molar-refractivity contribution in [3.63, 3.8) is 0 Å². The summed E-state index contributed by atoms with van der Waals surface area (Å²) < 4.78 is 79.3. The SMILES string of the molecule is CNC(=O)[C@H](CCC(=O)O)NC(=O)[C@H](CCC(=O)O)NC(=O)[C@@H](NC(=O)[C@@H](NC(=O)[C@@H](N)[C@@H](C)OP(=O)(O)O)[C@@H](C)OP(=O)(O)O)[C@@H](C)OP(=O)(O)O.O=C(O)C(F)(F)F. The molecule has 35 heteroatoms. The van der Waals surface area contributed by atoms with Gasteiger partial charge in [0.15, 0.2) is 0 Å². The summed E-state index contributed by atoms with van der Waals surface area (Å²) in [6.07, 6.45) is -13.6. The Morgan fingerprint density at radius 2 is 0.867 bits per heavy atom. The zero-order valence-electron chi connectivity index (χ0n) is 31.2. The van der Waals surface area contributed by atoms with Crippen LogP contribution in [-0.4, -0.2) is 154 Å². The third kappa shape index (κ3) is 25.5. The third-order valence-corrected chi connectivity index (χ3v) is 8.69. The van der Waals surface area contributed by atoms with Crippen molar-refractivity contribution in [1.82, 2.24) is 26.6 Å². The maximum Gasteiger partial charge on any atom is 0.490 e. The standard InChI is InChI=1S/C23H43N6O21P3.C2HF3O2/c1-9(48-51(39,40)41)16(24)21(36)28-18(11(3)50-53(45,46)47)23(38)29-17(10(2)49-52(42,43)44)22(37)27-13(6-8-15(32)33)20(35)26-12(19(34)25-4)5-7-14(30)31;3-2(4,5)1(6)7/h9-13,16-18H,5-8,24H2,1-4H3,(H,25,34)(H,26,35)(H,27,37)(H,28,36)(H,29,38)(H,30,31)(H,32,33)(H2,39,40,41)(H2,42,43,44)(H2,45,46,47);(H,6,7)/t9-,10-,11-,12+,13+,16+,17+,18+;/m1./s1. The van der Waals surface area contributed by atoms with Gasteiger partial charge < -0.3 is 77.0 Å². The number of nitrogens with two attached hydrogens (primary N) is 1. The number of phosphoric ester groups is 3. The number of carbonyl (C=O) groups excluding carboxylic acids is 5. The first-order chi connectivity index (χ1) is 26.9. The molecule has 0 spiro atoms. The number of carboxylic acid groups (broad SMARTS) is 3. The van der Waals surface area contributed by atoms with Gasteiger partial charge in [0.05, 0.1) is 18.3 Å². The molecule has 60 heavy (non-hydrogen) atoms. The first-order valence-corrected chi connectivity index (χ1v) is 20.7. The van der Waals surface area contributed by atoms with Crippen molar-refractivity contribution in [2.45, 2.75) is 101 Å². The zero-order chi connectivity index (χ0) is 47.7. The molecular formula is C25H44F3N6O23P3. The molecule has 348 valence electrons. The Bertz CT molecular complexity index is 1690. The average molecular weight is 947 g/mol. The monoisotopic (exact) mass is 946 g/mol. The first-order valence-electron chi connectivity index (χ1n) is 16.1. The normalized spacial score (nSPS) is 16.0. The molecule has 0 aliphatic rings. The fourth-order valence-electron chi connectivity index (χ4n) is 4.12. The van der Waals surface area contributed by atoms with E-state index in [-0.39, 0.29) is 0 Å². The van der Waals surface area contributed by atoms with E-state index >= 15 is 0 Å². The van der Waals surface area contributed by atoms with Crippen molar-refractivity contribution in [2.24, 2.45) is 5.73 Å². The average Bonchev–Trinajstić information content (AvgIpc) is 3.05. The highest BCUT2D eigenvalue weighted by Gasteiger charge is 2.41. The molecule has 0 aromatic carbocycles. The summed E-state index contributed by atoms with van der Waals surface area (Å²) in [4.78, 5) is 152. The van der Waals surface area contributed by atoms with E-state index in [4.69, 9.17) is 30.5 Å². The minimum atomic E-state index is -5.49. The van der Waals surface area contributed by atoms with Gasteiger partial charge in [0.2, 0.25) is 29.5 Å². The van der Waals surface area contributed by atoms with E-state index in [0.717, 1.165) is 27.8 Å². The highest BCUT2D eigenvalue weighted by atomic mass is 31.2. The predicted molar refractivity (Wildman–Crippen MR) is 185 cm³/mol. The maximum absolute atomic E-state index is 13.5. The van der Waals surface area contributed by atoms with E-state index in [1.807, 2.05) is 16.0 Å². The van der Waals surface area contributed by atoms with Crippen LogP contribution in [0, 0.1) is 0 Å². The molecule has 0 aliphatic carbocycles. The topological polar surface area (TPSA) is 484 Å². The van der Waals surface area contributed by atoms with Crippen LogP contribution in [0.3, 0.4) is 0 Å². The van der Waals surface area contributed by atoms with Gasteiger partial charge in [-0.25, -0.2) is 18.5 Å². The number of likely N-dealkylation sites (N-methyl/N-ethyl adjacent to an activating group) is 1. The molecule has 0 rings (SSSR count). The van der Waals surface area contributed by atoms with Crippen molar-refractivity contribution < 1.29 is 123 Å². The highest BCUT2D eigenvalue weighted by Crippen LogP contribution is 2.40. The second-order valence-electron chi connectivity index (χ2n) is 11.8. The third-order valence-electron chi connectivity index (χ3n) is 6.87. The second kappa shape index (κ2) is 24.9. The summed E-state index contributed by atoms with van der Waals surface area (Å²) in [6.45, 7) is 2.55. The van der Waals surface area contributed by atoms with Crippen molar-refractivity contribution in [3.8, 4) is 0 Å². The molecule has 0 saturated carbocycles. The molecule has 0 bridgehead atoms. The van der Waals surface area contributed by atoms with Gasteiger partial charge in [-0.15, -0.1) is 0 Å². The van der Waals surface area contributed by atoms with Crippen molar-refractivity contribution in [2.75, 3.05) is 7.05 Å². The lowest BCUT2D eigenvalue weighted by Crippen LogP contribution is -2.63. The lowest BCUT2D eigenvalue weighted by molar-refractivity contribution is -0.192. The van der Waals surface area contributed by atoms with E-state index in [1.54, 1.807) is 0 Å². The van der Waals surface area contributed by atoms with Gasteiger partial charge in [0, 0.05) is 19.9 Å². The van der Waals surface area contributed by atoms with Crippen LogP contribution in [0.1, 0.15) is 46.5 Å². The Hall–Kier alpha value is -4.16. The van der Waals surface area contributed by atoms with Gasteiger partial charge in [-0.1, -0.05) is 0 Å². The van der Waals surface area contributed by atoms with Gasteiger partial charge in [-0.2, -0.15) is 13.2 Å². The lowest BCUT2D eigenvalue weighted by Gasteiger charge is -2.31. The van der Waals surface area contributed by atoms with Crippen LogP contribution in [0.15, 0.2) is 0 Å². The van der Waals surface area contributed by atoms with Gasteiger partial charge in [-0.3, -0.25) is 47.1 Å². The van der Waals surface area contributed by atoms with Crippen LogP contribution in [-0.2, 0) is 65.6 Å². The van der Waals surface area contributed by atoms with E-state index < -0.39 is 151 Å². The number of alkyl halides is 3. The second-order valence-corrected chi connectivity index (χ2v) is 15.4. The number of carboxylic acids is 3. The number of carbonyl (C=O) groups is 8. The summed E-state index contributed by atoms with van der Waals surface area (Å²) in [5.74, 6) is -12.4. The number of hydrogen-bond acceptors (Lipinski definition) is 15. The Kier molecular flexibility index (Phi) is 24.1. The molecular weight excluding hydrogens is 902 g/mol. The number of rotatable bonds is 24. The molecule has 29 nitrogen and oxygen atoms in total. The molecule has 0 aliphatic heterocycles. The van der Waals surface area contributed by atoms with Gasteiger partial charge in [0.25, 0.3) is 0 Å². The molecule has 0 aromatic heterocycles. The van der Waals surface area contributed by atoms with Crippen LogP contribution >= 0.6 is 23.5 Å². The smallest absolute Gasteiger partial charge is 0.481 e. The van der Waals surface area contributed by atoms with E-state index in [0.29, 0.717) is 0 Å². The maximum atomic E-state index is 13.5. The Morgan fingerprint density at radius 3 is 1.18 bits per heavy atom. The molecule has 8 atom stereocenters. The number of nitrogens with one attached hydrogen (secondary N) is 5. The van der Waals surface area contributed by atoms with E-state index in [2.05, 4.69) is 24.2 Å². The van der Waals surface area contributed by atoms with Gasteiger partial charge in [0.1, 0.15) is 30.2 Å². The van der Waals surface area contributed by atoms with Crippen LogP contribution < -0.4 is 32.3 Å². The molecule has 0 aromatic rings. The van der Waals surface area contributed by atoms with Crippen LogP contribution in [0.25, 0.3) is 0 Å². The highest BCUT2D eigenvalue weighted by molar-refractivity contribution is 7.46. The fraction of sp³-hybridized carbons (Fsp3) is 0.680. The van der Waals surface area contributed by atoms with Crippen LogP contribution in [0.5, 0.6) is 0 Å². The summed E-state index contributed by atoms with van der Waals surface area (Å²) in [6, 6.07) is -10.0. The molecule has 0 fully saturated rings. The molecule has 0 unspecified atom stereocenters. The Balaban J connectivity index is 0. The minimum absolute atomic E-state index is 0.470. The van der Waals surface area contributed by atoms with Crippen molar-refractivity contribution in [1.29, 1.82) is 0 Å². The van der Waals surface area contributed by atoms with Crippen LogP contribution in [0.4, 0.5) is 13.2 Å². The number of hydrogen-bond donors (Lipinski definition) is 15. The van der Waals surface area contributed by atoms with E-state index in [1.165, 1.54) is 0 Å². The Labute approximate surface area is 335 Å². The molecule has 0 heterocycles. The Morgan fingerprint density at radius 1 is 0.567 bits per heavy atom. The predicted octanol–water partition coefficient (Wildman–Crippen LogP) is -4.14. The quantitative estimate of drug-likeness (QED) is 0.0409. The van der Waals surface area contributed by atoms with Gasteiger partial charge >= 0.3 is 47.6 Å². The molecule has 0 radical (unpaired) electrons. The summed E-state index contributed by atoms with van der Waals surface area (Å²) in [5, 5.41) is 35.4. The summed E-state index contributed by atoms with van der Waals surface area (Å²) in [5.41, 5.74) is 5.63. The number of halogens is 3. The number of aliphatic carboxylic acids is 3.